The highest BCUT2D eigenvalue weighted by Gasteiger charge is 2.45. The number of nitrogens with zero attached hydrogens (tertiary/aromatic N) is 1. The molecule has 0 radical (unpaired) electrons. The molecular weight excluding hydrogens is 538 g/mol. The van der Waals surface area contributed by atoms with E-state index in [1.54, 1.807) is 18.2 Å². The summed E-state index contributed by atoms with van der Waals surface area (Å²) < 4.78 is 70.5. The molecule has 1 heterocycles. The van der Waals surface area contributed by atoms with Crippen LogP contribution in [0.4, 0.5) is 13.6 Å². The van der Waals surface area contributed by atoms with Crippen LogP contribution in [0.1, 0.15) is 31.4 Å². The zero-order valence-corrected chi connectivity index (χ0v) is 21.4. The standard InChI is InChI=1S/C26H22F2N2O8S/c1-3-24(32)37-22-16-18(7-12-21(22)38-25(33)30-17(2)31)13-15-39(34,35)26(27,28)19-8-10-20(11-9-19)36-23-6-4-5-14-29-23/h4-16H,3H2,1-2H3,(H,30,31,33)/b15-13+. The third-order valence-corrected chi connectivity index (χ3v) is 6.25. The largest absolute Gasteiger partial charge is 0.439 e. The van der Waals surface area contributed by atoms with Crippen molar-refractivity contribution in [2.75, 3.05) is 0 Å². The van der Waals surface area contributed by atoms with Crippen LogP contribution in [0.3, 0.4) is 0 Å². The summed E-state index contributed by atoms with van der Waals surface area (Å²) in [6, 6.07) is 12.6. The van der Waals surface area contributed by atoms with Gasteiger partial charge in [-0.1, -0.05) is 19.1 Å². The highest BCUT2D eigenvalue weighted by Crippen LogP contribution is 2.37. The fourth-order valence-electron chi connectivity index (χ4n) is 2.92. The van der Waals surface area contributed by atoms with Crippen LogP contribution >= 0.6 is 0 Å². The van der Waals surface area contributed by atoms with Crippen LogP contribution in [-0.4, -0.2) is 31.4 Å². The Hall–Kier alpha value is -4.65. The summed E-state index contributed by atoms with van der Waals surface area (Å²) in [7, 11) is -5.17. The number of aromatic nitrogens is 1. The predicted molar refractivity (Wildman–Crippen MR) is 135 cm³/mol. The van der Waals surface area contributed by atoms with Gasteiger partial charge >= 0.3 is 17.3 Å². The number of esters is 1. The summed E-state index contributed by atoms with van der Waals surface area (Å²) >= 11 is 0. The molecule has 1 N–H and O–H groups in total. The number of hydrogen-bond acceptors (Lipinski definition) is 9. The van der Waals surface area contributed by atoms with Gasteiger partial charge in [0.25, 0.3) is 0 Å². The molecule has 0 unspecified atom stereocenters. The molecule has 3 aromatic rings. The number of imide groups is 1. The molecule has 10 nitrogen and oxygen atoms in total. The van der Waals surface area contributed by atoms with E-state index in [1.165, 1.54) is 31.3 Å². The number of amides is 2. The minimum atomic E-state index is -5.17. The molecule has 0 saturated carbocycles. The Morgan fingerprint density at radius 2 is 1.72 bits per heavy atom. The molecule has 204 valence electrons. The second-order valence-corrected chi connectivity index (χ2v) is 9.64. The zero-order valence-electron chi connectivity index (χ0n) is 20.6. The summed E-state index contributed by atoms with van der Waals surface area (Å²) in [6.07, 6.45) is 1.15. The lowest BCUT2D eigenvalue weighted by Crippen LogP contribution is -2.31. The van der Waals surface area contributed by atoms with Crippen LogP contribution in [0.15, 0.2) is 72.3 Å². The molecule has 0 spiro atoms. The molecule has 39 heavy (non-hydrogen) atoms. The van der Waals surface area contributed by atoms with Crippen LogP contribution in [0, 0.1) is 0 Å². The number of pyridine rings is 1. The highest BCUT2D eigenvalue weighted by molar-refractivity contribution is 7.95. The van der Waals surface area contributed by atoms with Crippen LogP contribution < -0.4 is 19.5 Å². The van der Waals surface area contributed by atoms with Crippen molar-refractivity contribution in [2.24, 2.45) is 0 Å². The van der Waals surface area contributed by atoms with Gasteiger partial charge in [-0.05, 0) is 54.1 Å². The van der Waals surface area contributed by atoms with Crippen molar-refractivity contribution in [3.8, 4) is 23.1 Å². The molecule has 0 atom stereocenters. The van der Waals surface area contributed by atoms with Crippen LogP contribution in [-0.2, 0) is 24.7 Å². The predicted octanol–water partition coefficient (Wildman–Crippen LogP) is 4.96. The molecule has 0 fully saturated rings. The SMILES string of the molecule is CCC(=O)Oc1cc(/C=C/S(=O)(=O)C(F)(F)c2ccc(Oc3ccccn3)cc2)ccc1OC(=O)NC(C)=O. The van der Waals surface area contributed by atoms with Crippen LogP contribution in [0.25, 0.3) is 6.08 Å². The number of alkyl halides is 2. The van der Waals surface area contributed by atoms with Crippen molar-refractivity contribution >= 4 is 33.9 Å². The smallest absolute Gasteiger partial charge is 0.419 e. The first-order valence-electron chi connectivity index (χ1n) is 11.3. The lowest BCUT2D eigenvalue weighted by atomic mass is 10.2. The number of hydrogen-bond donors (Lipinski definition) is 1. The fourth-order valence-corrected chi connectivity index (χ4v) is 3.89. The number of sulfone groups is 1. The maximum Gasteiger partial charge on any atom is 0.419 e. The summed E-state index contributed by atoms with van der Waals surface area (Å²) in [5.41, 5.74) is -0.759. The Morgan fingerprint density at radius 1 is 1.00 bits per heavy atom. The van der Waals surface area contributed by atoms with Crippen molar-refractivity contribution in [2.45, 2.75) is 25.5 Å². The van der Waals surface area contributed by atoms with E-state index in [-0.39, 0.29) is 35.1 Å². The second-order valence-electron chi connectivity index (χ2n) is 7.76. The molecule has 0 saturated heterocycles. The number of carbonyl (C=O) groups excluding carboxylic acids is 3. The van der Waals surface area contributed by atoms with Crippen molar-refractivity contribution in [3.63, 3.8) is 0 Å². The molecule has 3 rings (SSSR count). The first kappa shape index (κ1) is 28.9. The van der Waals surface area contributed by atoms with Gasteiger partial charge in [-0.3, -0.25) is 14.9 Å². The quantitative estimate of drug-likeness (QED) is 0.284. The molecule has 2 aromatic carbocycles. The van der Waals surface area contributed by atoms with Crippen LogP contribution in [0.2, 0.25) is 0 Å². The summed E-state index contributed by atoms with van der Waals surface area (Å²) in [5.74, 6) is -1.58. The van der Waals surface area contributed by atoms with Gasteiger partial charge in [0.15, 0.2) is 11.5 Å². The maximum absolute atomic E-state index is 15.0. The summed E-state index contributed by atoms with van der Waals surface area (Å²) in [5, 5.41) is -2.11. The lowest BCUT2D eigenvalue weighted by Gasteiger charge is -2.15. The second kappa shape index (κ2) is 12.3. The minimum Gasteiger partial charge on any atom is -0.439 e. The minimum absolute atomic E-state index is 0.0340. The maximum atomic E-state index is 15.0. The van der Waals surface area contributed by atoms with Crippen molar-refractivity contribution < 1.29 is 45.8 Å². The van der Waals surface area contributed by atoms with E-state index >= 15 is 0 Å². The number of carbonyl (C=O) groups is 3. The first-order chi connectivity index (χ1) is 18.4. The van der Waals surface area contributed by atoms with Gasteiger partial charge in [-0.2, -0.15) is 8.78 Å². The molecule has 0 bridgehead atoms. The van der Waals surface area contributed by atoms with E-state index in [9.17, 15) is 31.6 Å². The fraction of sp³-hybridized carbons (Fsp3) is 0.154. The van der Waals surface area contributed by atoms with E-state index < -0.39 is 38.6 Å². The van der Waals surface area contributed by atoms with Crippen molar-refractivity contribution in [1.29, 1.82) is 0 Å². The average molecular weight is 561 g/mol. The number of rotatable bonds is 9. The van der Waals surface area contributed by atoms with Gasteiger partial charge in [0.1, 0.15) is 5.75 Å². The van der Waals surface area contributed by atoms with Gasteiger partial charge in [0.05, 0.1) is 0 Å². The Morgan fingerprint density at radius 3 is 2.33 bits per heavy atom. The van der Waals surface area contributed by atoms with Crippen LogP contribution in [0.5, 0.6) is 23.1 Å². The van der Waals surface area contributed by atoms with Gasteiger partial charge in [0.2, 0.25) is 21.6 Å². The van der Waals surface area contributed by atoms with Gasteiger partial charge in [0, 0.05) is 36.6 Å². The van der Waals surface area contributed by atoms with Gasteiger partial charge < -0.3 is 14.2 Å². The van der Waals surface area contributed by atoms with Gasteiger partial charge in [-0.15, -0.1) is 0 Å². The number of halogens is 2. The molecular formula is C26H22F2N2O8S. The Kier molecular flexibility index (Phi) is 9.09. The molecule has 13 heteroatoms. The molecule has 0 aliphatic heterocycles. The van der Waals surface area contributed by atoms with Gasteiger partial charge in [-0.25, -0.2) is 18.2 Å². The van der Waals surface area contributed by atoms with E-state index in [0.717, 1.165) is 37.3 Å². The zero-order chi connectivity index (χ0) is 28.6. The van der Waals surface area contributed by atoms with Crippen molar-refractivity contribution in [1.82, 2.24) is 10.3 Å². The molecule has 2 amide bonds. The molecule has 0 aliphatic carbocycles. The van der Waals surface area contributed by atoms with E-state index in [0.29, 0.717) is 5.41 Å². The Labute approximate surface area is 222 Å². The van der Waals surface area contributed by atoms with E-state index in [4.69, 9.17) is 14.2 Å². The summed E-state index contributed by atoms with van der Waals surface area (Å²) in [6.45, 7) is 2.58. The monoisotopic (exact) mass is 560 g/mol. The number of benzene rings is 2. The number of nitrogens with one attached hydrogen (secondary N) is 1. The Bertz CT molecular complexity index is 1490. The van der Waals surface area contributed by atoms with E-state index in [1.807, 2.05) is 5.32 Å². The number of ether oxygens (including phenoxy) is 3. The molecule has 0 aliphatic rings. The Balaban J connectivity index is 1.82. The first-order valence-corrected chi connectivity index (χ1v) is 12.8. The molecule has 1 aromatic heterocycles. The third kappa shape index (κ3) is 7.68. The highest BCUT2D eigenvalue weighted by atomic mass is 32.2. The third-order valence-electron chi connectivity index (χ3n) is 4.81. The van der Waals surface area contributed by atoms with Crippen molar-refractivity contribution in [3.05, 3.63) is 83.4 Å². The summed E-state index contributed by atoms with van der Waals surface area (Å²) in [4.78, 5) is 38.5. The topological polar surface area (TPSA) is 138 Å². The van der Waals surface area contributed by atoms with E-state index in [2.05, 4.69) is 4.98 Å². The average Bonchev–Trinajstić information content (AvgIpc) is 2.89. The normalized spacial score (nSPS) is 11.6. The lowest BCUT2D eigenvalue weighted by molar-refractivity contribution is -0.134.